The molecule has 0 saturated carbocycles. The summed E-state index contributed by atoms with van der Waals surface area (Å²) >= 11 is 0. The topological polar surface area (TPSA) is 92.7 Å². The Labute approximate surface area is 198 Å². The molecule has 2 aromatic heterocycles. The van der Waals surface area contributed by atoms with Crippen molar-refractivity contribution >= 4 is 22.1 Å². The minimum atomic E-state index is -1.23. The van der Waals surface area contributed by atoms with Crippen molar-refractivity contribution in [1.29, 1.82) is 5.26 Å². The van der Waals surface area contributed by atoms with Gasteiger partial charge >= 0.3 is 5.69 Å². The summed E-state index contributed by atoms with van der Waals surface area (Å²) in [6, 6.07) is 11.4. The van der Waals surface area contributed by atoms with E-state index in [0.717, 1.165) is 11.1 Å². The highest BCUT2D eigenvalue weighted by Crippen LogP contribution is 2.28. The van der Waals surface area contributed by atoms with Crippen LogP contribution in [0.15, 0.2) is 35.1 Å². The minimum Gasteiger partial charge on any atom is -0.290 e. The van der Waals surface area contributed by atoms with Crippen molar-refractivity contribution in [2.75, 3.05) is 0 Å². The lowest BCUT2D eigenvalue weighted by Crippen LogP contribution is -2.34. The number of rotatable bonds is 5. The average Bonchev–Trinajstić information content (AvgIpc) is 2.95. The number of aromatic nitrogens is 3. The van der Waals surface area contributed by atoms with Crippen LogP contribution in [0, 0.1) is 16.7 Å². The zero-order chi connectivity index (χ0) is 24.7. The van der Waals surface area contributed by atoms with Crippen LogP contribution in [-0.2, 0) is 24.6 Å². The van der Waals surface area contributed by atoms with Crippen molar-refractivity contribution in [3.8, 4) is 17.3 Å². The number of benzene rings is 1. The van der Waals surface area contributed by atoms with Crippen molar-refractivity contribution < 1.29 is 4.21 Å². The van der Waals surface area contributed by atoms with Crippen LogP contribution in [0.5, 0.6) is 0 Å². The summed E-state index contributed by atoms with van der Waals surface area (Å²) in [4.78, 5) is 17.6. The van der Waals surface area contributed by atoms with Crippen molar-refractivity contribution in [1.82, 2.24) is 18.8 Å². The second-order valence-electron chi connectivity index (χ2n) is 10.7. The molecule has 1 aromatic carbocycles. The molecule has 0 aliphatic carbocycles. The monoisotopic (exact) mass is 467 g/mol. The molecular weight excluding hydrogens is 434 g/mol. The van der Waals surface area contributed by atoms with Gasteiger partial charge in [-0.2, -0.15) is 5.26 Å². The molecule has 0 radical (unpaired) electrons. The van der Waals surface area contributed by atoms with Crippen molar-refractivity contribution in [2.24, 2.45) is 12.5 Å². The first kappa shape index (κ1) is 24.9. The minimum absolute atomic E-state index is 0.0601. The van der Waals surface area contributed by atoms with Gasteiger partial charge in [-0.25, -0.2) is 18.7 Å². The summed E-state index contributed by atoms with van der Waals surface area (Å²) < 4.78 is 18.6. The van der Waals surface area contributed by atoms with Crippen LogP contribution in [-0.4, -0.2) is 23.1 Å². The van der Waals surface area contributed by atoms with Gasteiger partial charge in [-0.05, 0) is 62.9 Å². The third kappa shape index (κ3) is 5.26. The Balaban J connectivity index is 2.09. The molecule has 7 nitrogen and oxygen atoms in total. The third-order valence-corrected chi connectivity index (χ3v) is 7.07. The van der Waals surface area contributed by atoms with Crippen molar-refractivity contribution in [3.05, 3.63) is 51.9 Å². The van der Waals surface area contributed by atoms with E-state index in [0.29, 0.717) is 29.0 Å². The van der Waals surface area contributed by atoms with Gasteiger partial charge in [-0.1, -0.05) is 26.8 Å². The molecule has 8 heteroatoms. The van der Waals surface area contributed by atoms with E-state index >= 15 is 0 Å². The normalized spacial score (nSPS) is 14.3. The fourth-order valence-electron chi connectivity index (χ4n) is 3.60. The highest BCUT2D eigenvalue weighted by Gasteiger charge is 2.23. The number of fused-ring (bicyclic) bond motifs is 1. The molecule has 0 saturated heterocycles. The van der Waals surface area contributed by atoms with Gasteiger partial charge in [0.15, 0.2) is 5.65 Å². The SMILES string of the molecule is C[C@@H](NS(=O)C(C)(C)C)c1ccc(C#N)c(-c2ccc3c(n2)n(C)c(=O)n3CC(C)(C)C)c1. The van der Waals surface area contributed by atoms with E-state index in [-0.39, 0.29) is 21.9 Å². The summed E-state index contributed by atoms with van der Waals surface area (Å²) in [6.07, 6.45) is 0. The molecule has 0 spiro atoms. The first-order chi connectivity index (χ1) is 15.2. The van der Waals surface area contributed by atoms with Crippen LogP contribution < -0.4 is 10.4 Å². The number of nitrogens with one attached hydrogen (secondary N) is 1. The highest BCUT2D eigenvalue weighted by atomic mass is 32.2. The number of nitrogens with zero attached hydrogens (tertiary/aromatic N) is 4. The molecule has 0 aliphatic rings. The number of hydrogen-bond acceptors (Lipinski definition) is 4. The van der Waals surface area contributed by atoms with Crippen LogP contribution in [0.1, 0.15) is 65.6 Å². The summed E-state index contributed by atoms with van der Waals surface area (Å²) in [7, 11) is 0.491. The van der Waals surface area contributed by atoms with E-state index in [1.807, 2.05) is 52.0 Å². The Morgan fingerprint density at radius 3 is 2.39 bits per heavy atom. The average molecular weight is 468 g/mol. The maximum absolute atomic E-state index is 12.9. The third-order valence-electron chi connectivity index (χ3n) is 5.39. The molecule has 3 rings (SSSR count). The largest absolute Gasteiger partial charge is 0.330 e. The van der Waals surface area contributed by atoms with Gasteiger partial charge in [0, 0.05) is 25.2 Å². The number of nitriles is 1. The maximum Gasteiger partial charge on any atom is 0.330 e. The summed E-state index contributed by atoms with van der Waals surface area (Å²) in [5.41, 5.74) is 3.88. The molecule has 3 aromatic rings. The van der Waals surface area contributed by atoms with Gasteiger partial charge in [0.25, 0.3) is 0 Å². The Bertz CT molecular complexity index is 1320. The van der Waals surface area contributed by atoms with E-state index in [2.05, 4.69) is 31.6 Å². The van der Waals surface area contributed by atoms with Gasteiger partial charge in [0.2, 0.25) is 0 Å². The van der Waals surface area contributed by atoms with Crippen molar-refractivity contribution in [2.45, 2.75) is 65.8 Å². The molecule has 1 unspecified atom stereocenters. The van der Waals surface area contributed by atoms with E-state index in [1.165, 1.54) is 0 Å². The summed E-state index contributed by atoms with van der Waals surface area (Å²) in [6.45, 7) is 14.6. The van der Waals surface area contributed by atoms with Gasteiger partial charge in [-0.15, -0.1) is 0 Å². The summed E-state index contributed by atoms with van der Waals surface area (Å²) in [5, 5.41) is 9.70. The molecule has 0 fully saturated rings. The van der Waals surface area contributed by atoms with Crippen LogP contribution in [0.4, 0.5) is 0 Å². The van der Waals surface area contributed by atoms with Crippen LogP contribution in [0.3, 0.4) is 0 Å². The van der Waals surface area contributed by atoms with Gasteiger partial charge in [0.05, 0.1) is 38.6 Å². The van der Waals surface area contributed by atoms with Gasteiger partial charge in [0.1, 0.15) is 0 Å². The number of pyridine rings is 1. The number of imidazole rings is 1. The lowest BCUT2D eigenvalue weighted by Gasteiger charge is -2.22. The first-order valence-electron chi connectivity index (χ1n) is 11.0. The molecule has 1 N–H and O–H groups in total. The van der Waals surface area contributed by atoms with E-state index in [9.17, 15) is 14.3 Å². The highest BCUT2D eigenvalue weighted by molar-refractivity contribution is 7.84. The molecule has 0 bridgehead atoms. The standard InChI is InChI=1S/C25H33N5O2S/c1-16(28-33(32)25(5,6)7)17-9-10-18(14-26)19(13-17)20-11-12-21-22(27-20)29(8)23(31)30(21)15-24(2,3)4/h9-13,16,28H,15H2,1-8H3/t16-,33?/m1/s1. The van der Waals surface area contributed by atoms with Crippen molar-refractivity contribution in [3.63, 3.8) is 0 Å². The Morgan fingerprint density at radius 1 is 1.15 bits per heavy atom. The van der Waals surface area contributed by atoms with Gasteiger partial charge < -0.3 is 0 Å². The first-order valence-corrected chi connectivity index (χ1v) is 12.2. The lowest BCUT2D eigenvalue weighted by molar-refractivity contribution is 0.342. The Hall–Kier alpha value is -2.76. The number of aryl methyl sites for hydroxylation is 1. The van der Waals surface area contributed by atoms with Crippen LogP contribution >= 0.6 is 0 Å². The Morgan fingerprint density at radius 2 is 1.82 bits per heavy atom. The molecule has 33 heavy (non-hydrogen) atoms. The van der Waals surface area contributed by atoms with Crippen LogP contribution in [0.2, 0.25) is 0 Å². The lowest BCUT2D eigenvalue weighted by atomic mass is 9.97. The predicted molar refractivity (Wildman–Crippen MR) is 134 cm³/mol. The molecule has 176 valence electrons. The molecular formula is C25H33N5O2S. The maximum atomic E-state index is 12.9. The van der Waals surface area contributed by atoms with E-state index in [4.69, 9.17) is 4.98 Å². The predicted octanol–water partition coefficient (Wildman–Crippen LogP) is 4.43. The van der Waals surface area contributed by atoms with E-state index in [1.54, 1.807) is 22.2 Å². The smallest absolute Gasteiger partial charge is 0.290 e. The molecule has 2 atom stereocenters. The quantitative estimate of drug-likeness (QED) is 0.601. The zero-order valence-electron chi connectivity index (χ0n) is 20.7. The fourth-order valence-corrected chi connectivity index (χ4v) is 4.41. The van der Waals surface area contributed by atoms with Gasteiger partial charge in [-0.3, -0.25) is 9.13 Å². The number of hydrogen-bond donors (Lipinski definition) is 1. The molecule has 0 amide bonds. The summed E-state index contributed by atoms with van der Waals surface area (Å²) in [5.74, 6) is 0. The van der Waals surface area contributed by atoms with E-state index < -0.39 is 11.0 Å². The second kappa shape index (κ2) is 8.88. The zero-order valence-corrected chi connectivity index (χ0v) is 21.5. The Kier molecular flexibility index (Phi) is 6.69. The molecule has 2 heterocycles. The molecule has 0 aliphatic heterocycles. The van der Waals surface area contributed by atoms with Crippen LogP contribution in [0.25, 0.3) is 22.4 Å². The fraction of sp³-hybridized carbons (Fsp3) is 0.480. The second-order valence-corrected chi connectivity index (χ2v) is 12.7.